The van der Waals surface area contributed by atoms with E-state index < -0.39 is 0 Å². The van der Waals surface area contributed by atoms with E-state index >= 15 is 0 Å². The summed E-state index contributed by atoms with van der Waals surface area (Å²) in [6.45, 7) is 6.81. The fraction of sp³-hybridized carbons (Fsp3) is 0.867. The van der Waals surface area contributed by atoms with E-state index in [1.54, 1.807) is 6.33 Å². The molecule has 19 heavy (non-hydrogen) atoms. The van der Waals surface area contributed by atoms with Gasteiger partial charge in [-0.2, -0.15) is 5.10 Å². The van der Waals surface area contributed by atoms with Crippen molar-refractivity contribution in [3.63, 3.8) is 0 Å². The summed E-state index contributed by atoms with van der Waals surface area (Å²) in [5.41, 5.74) is 0.434. The van der Waals surface area contributed by atoms with E-state index in [4.69, 9.17) is 0 Å². The molecule has 1 N–H and O–H groups in total. The number of rotatable bonds is 6. The maximum Gasteiger partial charge on any atom is 0.138 e. The van der Waals surface area contributed by atoms with Gasteiger partial charge in [-0.05, 0) is 49.0 Å². The highest BCUT2D eigenvalue weighted by Gasteiger charge is 2.53. The monoisotopic (exact) mass is 262 g/mol. The first-order valence-corrected chi connectivity index (χ1v) is 7.61. The normalized spacial score (nSPS) is 32.8. The molecule has 0 bridgehead atoms. The topological polar surface area (TPSA) is 42.7 Å². The first-order chi connectivity index (χ1) is 9.08. The van der Waals surface area contributed by atoms with Crippen LogP contribution in [0.1, 0.15) is 38.9 Å². The van der Waals surface area contributed by atoms with Gasteiger partial charge in [0.15, 0.2) is 0 Å². The van der Waals surface area contributed by atoms with Gasteiger partial charge in [0.05, 0.1) is 0 Å². The second-order valence-corrected chi connectivity index (χ2v) is 7.17. The van der Waals surface area contributed by atoms with Crippen molar-refractivity contribution in [2.24, 2.45) is 30.2 Å². The molecule has 4 nitrogen and oxygen atoms in total. The van der Waals surface area contributed by atoms with Gasteiger partial charge >= 0.3 is 0 Å². The molecule has 1 heterocycles. The second-order valence-electron chi connectivity index (χ2n) is 7.17. The van der Waals surface area contributed by atoms with Gasteiger partial charge in [0.2, 0.25) is 0 Å². The maximum absolute atomic E-state index is 4.43. The molecule has 2 unspecified atom stereocenters. The maximum atomic E-state index is 4.43. The van der Waals surface area contributed by atoms with Crippen molar-refractivity contribution in [2.45, 2.75) is 39.5 Å². The highest BCUT2D eigenvalue weighted by Crippen LogP contribution is 2.60. The molecule has 0 radical (unpaired) electrons. The van der Waals surface area contributed by atoms with Crippen LogP contribution in [0.4, 0.5) is 0 Å². The molecule has 0 saturated heterocycles. The Kier molecular flexibility index (Phi) is 3.37. The Hall–Kier alpha value is -0.900. The van der Waals surface area contributed by atoms with E-state index in [1.165, 1.54) is 19.3 Å². The summed E-state index contributed by atoms with van der Waals surface area (Å²) in [7, 11) is 2.01. The summed E-state index contributed by atoms with van der Waals surface area (Å²) in [5, 5.41) is 7.90. The van der Waals surface area contributed by atoms with Crippen LogP contribution in [0.3, 0.4) is 0 Å². The van der Waals surface area contributed by atoms with Crippen molar-refractivity contribution >= 4 is 0 Å². The van der Waals surface area contributed by atoms with Crippen LogP contribution in [0, 0.1) is 23.2 Å². The predicted octanol–water partition coefficient (Wildman–Crippen LogP) is 2.02. The molecule has 4 heteroatoms. The van der Waals surface area contributed by atoms with E-state index in [-0.39, 0.29) is 0 Å². The quantitative estimate of drug-likeness (QED) is 0.853. The molecule has 1 aromatic rings. The van der Waals surface area contributed by atoms with Crippen molar-refractivity contribution in [1.29, 1.82) is 0 Å². The van der Waals surface area contributed by atoms with Gasteiger partial charge in [0.1, 0.15) is 12.2 Å². The minimum absolute atomic E-state index is 0.434. The largest absolute Gasteiger partial charge is 0.316 e. The molecule has 1 aromatic heterocycles. The Balaban J connectivity index is 1.65. The molecular weight excluding hydrogens is 236 g/mol. The number of aromatic nitrogens is 3. The highest BCUT2D eigenvalue weighted by molar-refractivity contribution is 5.07. The van der Waals surface area contributed by atoms with Crippen molar-refractivity contribution < 1.29 is 0 Å². The molecule has 106 valence electrons. The highest BCUT2D eigenvalue weighted by atomic mass is 15.3. The van der Waals surface area contributed by atoms with Crippen molar-refractivity contribution in [1.82, 2.24) is 20.1 Å². The van der Waals surface area contributed by atoms with Gasteiger partial charge in [0, 0.05) is 20.0 Å². The molecule has 2 fully saturated rings. The summed E-state index contributed by atoms with van der Waals surface area (Å²) in [5.74, 6) is 3.89. The summed E-state index contributed by atoms with van der Waals surface area (Å²) in [6.07, 6.45) is 7.01. The van der Waals surface area contributed by atoms with Crippen LogP contribution in [0.25, 0.3) is 0 Å². The van der Waals surface area contributed by atoms with E-state index in [9.17, 15) is 0 Å². The lowest BCUT2D eigenvalue weighted by Crippen LogP contribution is -2.37. The Morgan fingerprint density at radius 3 is 2.74 bits per heavy atom. The van der Waals surface area contributed by atoms with Gasteiger partial charge in [-0.25, -0.2) is 4.98 Å². The minimum atomic E-state index is 0.434. The fourth-order valence-electron chi connectivity index (χ4n) is 3.80. The summed E-state index contributed by atoms with van der Waals surface area (Å²) < 4.78 is 1.94. The zero-order chi connectivity index (χ0) is 13.5. The van der Waals surface area contributed by atoms with E-state index in [1.807, 2.05) is 11.7 Å². The lowest BCUT2D eigenvalue weighted by molar-refractivity contribution is 0.237. The summed E-state index contributed by atoms with van der Waals surface area (Å²) in [4.78, 5) is 4.43. The molecule has 0 aromatic carbocycles. The van der Waals surface area contributed by atoms with Crippen LogP contribution >= 0.6 is 0 Å². The molecular formula is C15H26N4. The van der Waals surface area contributed by atoms with Crippen LogP contribution in [0.15, 0.2) is 6.33 Å². The third-order valence-electron chi connectivity index (χ3n) is 4.85. The number of nitrogens with zero attached hydrogens (tertiary/aromatic N) is 3. The number of hydrogen-bond donors (Lipinski definition) is 1. The molecule has 3 rings (SSSR count). The fourth-order valence-corrected chi connectivity index (χ4v) is 3.80. The third kappa shape index (κ3) is 2.83. The number of fused-ring (bicyclic) bond motifs is 1. The van der Waals surface area contributed by atoms with Crippen LogP contribution < -0.4 is 5.32 Å². The Bertz CT molecular complexity index is 427. The zero-order valence-electron chi connectivity index (χ0n) is 12.4. The molecule has 2 aliphatic carbocycles. The van der Waals surface area contributed by atoms with Crippen molar-refractivity contribution in [3.8, 4) is 0 Å². The summed E-state index contributed by atoms with van der Waals surface area (Å²) in [6, 6.07) is 0. The second kappa shape index (κ2) is 4.89. The van der Waals surface area contributed by atoms with Crippen LogP contribution in [-0.4, -0.2) is 27.9 Å². The van der Waals surface area contributed by atoms with Gasteiger partial charge in [-0.15, -0.1) is 0 Å². The minimum Gasteiger partial charge on any atom is -0.316 e. The predicted molar refractivity (Wildman–Crippen MR) is 75.7 cm³/mol. The van der Waals surface area contributed by atoms with Gasteiger partial charge < -0.3 is 5.32 Å². The Morgan fingerprint density at radius 1 is 1.42 bits per heavy atom. The zero-order valence-corrected chi connectivity index (χ0v) is 12.4. The molecule has 0 amide bonds. The smallest absolute Gasteiger partial charge is 0.138 e. The molecule has 2 atom stereocenters. The average Bonchev–Trinajstić information content (AvgIpc) is 2.76. The lowest BCUT2D eigenvalue weighted by atomic mass is 9.79. The summed E-state index contributed by atoms with van der Waals surface area (Å²) >= 11 is 0. The first-order valence-electron chi connectivity index (χ1n) is 7.61. The Morgan fingerprint density at radius 2 is 2.16 bits per heavy atom. The van der Waals surface area contributed by atoms with E-state index in [0.717, 1.165) is 43.1 Å². The van der Waals surface area contributed by atoms with Crippen LogP contribution in [-0.2, 0) is 13.5 Å². The SMILES string of the molecule is CC(C)CNCC1(Cc2ncnn2C)CC2CC2C1. The van der Waals surface area contributed by atoms with Gasteiger partial charge in [0.25, 0.3) is 0 Å². The van der Waals surface area contributed by atoms with Crippen LogP contribution in [0.5, 0.6) is 0 Å². The number of nitrogens with one attached hydrogen (secondary N) is 1. The van der Waals surface area contributed by atoms with E-state index in [2.05, 4.69) is 29.2 Å². The average molecular weight is 262 g/mol. The first kappa shape index (κ1) is 13.1. The standard InChI is InChI=1S/C15H26N4/c1-11(2)8-16-9-15(5-12-4-13(12)6-15)7-14-17-10-18-19(14)3/h10-13,16H,4-9H2,1-3H3. The molecule has 0 aliphatic heterocycles. The number of hydrogen-bond acceptors (Lipinski definition) is 3. The lowest BCUT2D eigenvalue weighted by Gasteiger charge is -2.31. The third-order valence-corrected chi connectivity index (χ3v) is 4.85. The Labute approximate surface area is 116 Å². The van der Waals surface area contributed by atoms with Gasteiger partial charge in [-0.1, -0.05) is 13.8 Å². The van der Waals surface area contributed by atoms with E-state index in [0.29, 0.717) is 5.41 Å². The van der Waals surface area contributed by atoms with Gasteiger partial charge in [-0.3, -0.25) is 4.68 Å². The molecule has 0 spiro atoms. The number of aryl methyl sites for hydroxylation is 1. The molecule has 2 saturated carbocycles. The molecule has 2 aliphatic rings. The van der Waals surface area contributed by atoms with Crippen LogP contribution in [0.2, 0.25) is 0 Å². The van der Waals surface area contributed by atoms with Crippen molar-refractivity contribution in [3.05, 3.63) is 12.2 Å². The van der Waals surface area contributed by atoms with Crippen molar-refractivity contribution in [2.75, 3.05) is 13.1 Å².